The van der Waals surface area contributed by atoms with Crippen molar-refractivity contribution in [3.63, 3.8) is 0 Å². The van der Waals surface area contributed by atoms with E-state index in [1.807, 2.05) is 13.1 Å². The number of hydrogen-bond donors (Lipinski definition) is 1. The van der Waals surface area contributed by atoms with Crippen LogP contribution < -0.4 is 10.1 Å². The number of furan rings is 1. The number of nitrogens with one attached hydrogen (secondary N) is 1. The Morgan fingerprint density at radius 3 is 2.89 bits per heavy atom. The minimum absolute atomic E-state index is 0.0752. The number of halogens is 1. The van der Waals surface area contributed by atoms with Crippen molar-refractivity contribution < 1.29 is 9.15 Å². The molecule has 1 aliphatic heterocycles. The Morgan fingerprint density at radius 2 is 2.17 bits per heavy atom. The van der Waals surface area contributed by atoms with E-state index in [0.29, 0.717) is 0 Å². The molecular formula is C14H14BrNO2. The number of hydrogen-bond acceptors (Lipinski definition) is 3. The first-order valence-corrected chi connectivity index (χ1v) is 6.75. The number of benzene rings is 1. The summed E-state index contributed by atoms with van der Waals surface area (Å²) in [6, 6.07) is 8.36. The van der Waals surface area contributed by atoms with Crippen molar-refractivity contribution in [3.8, 4) is 5.75 Å². The molecule has 1 aromatic heterocycles. The van der Waals surface area contributed by atoms with Gasteiger partial charge in [-0.05, 0) is 34.6 Å². The van der Waals surface area contributed by atoms with Crippen LogP contribution in [0.15, 0.2) is 39.6 Å². The lowest BCUT2D eigenvalue weighted by Crippen LogP contribution is -2.18. The van der Waals surface area contributed by atoms with Crippen LogP contribution in [-0.2, 0) is 6.42 Å². The summed E-state index contributed by atoms with van der Waals surface area (Å²) in [4.78, 5) is 0. The summed E-state index contributed by atoms with van der Waals surface area (Å²) in [7, 11) is 1.94. The molecule has 3 nitrogen and oxygen atoms in total. The van der Waals surface area contributed by atoms with E-state index in [-0.39, 0.29) is 6.04 Å². The Labute approximate surface area is 114 Å². The highest BCUT2D eigenvalue weighted by atomic mass is 79.9. The minimum Gasteiger partial charge on any atom is -0.493 e. The second-order valence-electron chi connectivity index (χ2n) is 4.31. The summed E-state index contributed by atoms with van der Waals surface area (Å²) in [5.41, 5.74) is 3.53. The molecule has 1 N–H and O–H groups in total. The lowest BCUT2D eigenvalue weighted by molar-refractivity contribution is 0.351. The fourth-order valence-corrected chi connectivity index (χ4v) is 2.93. The largest absolute Gasteiger partial charge is 0.493 e. The van der Waals surface area contributed by atoms with Crippen LogP contribution in [0.2, 0.25) is 0 Å². The fraction of sp³-hybridized carbons (Fsp3) is 0.286. The number of rotatable bonds is 3. The topological polar surface area (TPSA) is 34.4 Å². The van der Waals surface area contributed by atoms with Gasteiger partial charge in [0.1, 0.15) is 5.75 Å². The molecule has 0 bridgehead atoms. The van der Waals surface area contributed by atoms with Crippen LogP contribution in [-0.4, -0.2) is 13.7 Å². The molecule has 0 amide bonds. The van der Waals surface area contributed by atoms with Crippen LogP contribution in [0.5, 0.6) is 5.75 Å². The first kappa shape index (κ1) is 11.8. The smallest absolute Gasteiger partial charge is 0.174 e. The van der Waals surface area contributed by atoms with Gasteiger partial charge in [0.25, 0.3) is 0 Å². The third-order valence-electron chi connectivity index (χ3n) is 3.30. The maximum absolute atomic E-state index is 5.76. The van der Waals surface area contributed by atoms with Crippen molar-refractivity contribution >= 4 is 15.9 Å². The predicted molar refractivity (Wildman–Crippen MR) is 73.0 cm³/mol. The normalized spacial score (nSPS) is 15.2. The summed E-state index contributed by atoms with van der Waals surface area (Å²) in [6.45, 7) is 0.773. The molecule has 4 heteroatoms. The summed E-state index contributed by atoms with van der Waals surface area (Å²) in [5.74, 6) is 1.02. The van der Waals surface area contributed by atoms with Gasteiger partial charge in [0.2, 0.25) is 0 Å². The van der Waals surface area contributed by atoms with Crippen LogP contribution >= 0.6 is 15.9 Å². The van der Waals surface area contributed by atoms with E-state index in [1.54, 1.807) is 6.26 Å². The molecule has 0 saturated carbocycles. The lowest BCUT2D eigenvalue weighted by Gasteiger charge is -2.18. The van der Waals surface area contributed by atoms with Crippen molar-refractivity contribution in [3.05, 3.63) is 51.9 Å². The Kier molecular flexibility index (Phi) is 3.14. The van der Waals surface area contributed by atoms with Crippen LogP contribution in [0, 0.1) is 0 Å². The first-order valence-electron chi connectivity index (χ1n) is 5.96. The second-order valence-corrected chi connectivity index (χ2v) is 5.03. The summed E-state index contributed by atoms with van der Waals surface area (Å²) >= 11 is 3.44. The van der Waals surface area contributed by atoms with Crippen LogP contribution in [0.3, 0.4) is 0 Å². The van der Waals surface area contributed by atoms with Crippen molar-refractivity contribution in [1.29, 1.82) is 0 Å². The number of ether oxygens (including phenoxy) is 1. The lowest BCUT2D eigenvalue weighted by atomic mass is 9.98. The molecule has 0 saturated heterocycles. The molecule has 1 atom stereocenters. The van der Waals surface area contributed by atoms with Gasteiger partial charge in [0, 0.05) is 17.5 Å². The first-order chi connectivity index (χ1) is 8.81. The van der Waals surface area contributed by atoms with Gasteiger partial charge in [-0.15, -0.1) is 0 Å². The monoisotopic (exact) mass is 307 g/mol. The van der Waals surface area contributed by atoms with Gasteiger partial charge in [0.15, 0.2) is 4.67 Å². The predicted octanol–water partition coefficient (Wildman–Crippen LogP) is 3.29. The van der Waals surface area contributed by atoms with Crippen molar-refractivity contribution in [2.24, 2.45) is 0 Å². The maximum atomic E-state index is 5.76. The Morgan fingerprint density at radius 1 is 1.28 bits per heavy atom. The highest BCUT2D eigenvalue weighted by molar-refractivity contribution is 9.10. The summed E-state index contributed by atoms with van der Waals surface area (Å²) < 4.78 is 11.8. The molecule has 1 aromatic carbocycles. The van der Waals surface area contributed by atoms with E-state index in [4.69, 9.17) is 9.15 Å². The number of fused-ring (bicyclic) bond motifs is 1. The average Bonchev–Trinajstić information content (AvgIpc) is 3.00. The fourth-order valence-electron chi connectivity index (χ4n) is 2.46. The molecular weight excluding hydrogens is 294 g/mol. The van der Waals surface area contributed by atoms with Gasteiger partial charge >= 0.3 is 0 Å². The Balaban J connectivity index is 2.08. The molecule has 3 rings (SSSR count). The molecule has 2 heterocycles. The van der Waals surface area contributed by atoms with Crippen molar-refractivity contribution in [2.45, 2.75) is 12.5 Å². The molecule has 0 radical (unpaired) electrons. The highest BCUT2D eigenvalue weighted by Gasteiger charge is 2.24. The quantitative estimate of drug-likeness (QED) is 0.945. The van der Waals surface area contributed by atoms with Crippen LogP contribution in [0.4, 0.5) is 0 Å². The second kappa shape index (κ2) is 4.78. The highest BCUT2D eigenvalue weighted by Crippen LogP contribution is 2.38. The van der Waals surface area contributed by atoms with E-state index in [1.165, 1.54) is 5.56 Å². The van der Waals surface area contributed by atoms with Gasteiger partial charge in [-0.1, -0.05) is 18.2 Å². The zero-order chi connectivity index (χ0) is 12.5. The zero-order valence-electron chi connectivity index (χ0n) is 10.1. The Bertz CT molecular complexity index is 565. The third-order valence-corrected chi connectivity index (χ3v) is 3.95. The maximum Gasteiger partial charge on any atom is 0.174 e. The molecule has 1 aliphatic rings. The molecule has 0 spiro atoms. The molecule has 0 fully saturated rings. The minimum atomic E-state index is 0.0752. The Hall–Kier alpha value is -1.26. The van der Waals surface area contributed by atoms with E-state index < -0.39 is 0 Å². The molecule has 2 aromatic rings. The summed E-state index contributed by atoms with van der Waals surface area (Å²) in [6.07, 6.45) is 2.68. The standard InChI is InChI=1S/C14H14BrNO2/c1-16-12(11-6-8-18-14(11)15)10-4-2-3-9-5-7-17-13(9)10/h2-4,6,8,12,16H,5,7H2,1H3. The van der Waals surface area contributed by atoms with Crippen molar-refractivity contribution in [1.82, 2.24) is 5.32 Å². The van der Waals surface area contributed by atoms with E-state index in [0.717, 1.165) is 34.6 Å². The van der Waals surface area contributed by atoms with E-state index >= 15 is 0 Å². The van der Waals surface area contributed by atoms with Gasteiger partial charge in [-0.2, -0.15) is 0 Å². The van der Waals surface area contributed by atoms with Crippen LogP contribution in [0.25, 0.3) is 0 Å². The molecule has 18 heavy (non-hydrogen) atoms. The van der Waals surface area contributed by atoms with E-state index in [9.17, 15) is 0 Å². The molecule has 1 unspecified atom stereocenters. The zero-order valence-corrected chi connectivity index (χ0v) is 11.7. The van der Waals surface area contributed by atoms with Gasteiger partial charge in [-0.3, -0.25) is 0 Å². The molecule has 0 aliphatic carbocycles. The van der Waals surface area contributed by atoms with Crippen molar-refractivity contribution in [2.75, 3.05) is 13.7 Å². The van der Waals surface area contributed by atoms with Gasteiger partial charge in [0.05, 0.1) is 18.9 Å². The number of para-hydroxylation sites is 1. The third kappa shape index (κ3) is 1.85. The summed E-state index contributed by atoms with van der Waals surface area (Å²) in [5, 5.41) is 3.32. The van der Waals surface area contributed by atoms with Crippen LogP contribution in [0.1, 0.15) is 22.7 Å². The van der Waals surface area contributed by atoms with Gasteiger partial charge in [-0.25, -0.2) is 0 Å². The van der Waals surface area contributed by atoms with E-state index in [2.05, 4.69) is 39.4 Å². The average molecular weight is 308 g/mol. The van der Waals surface area contributed by atoms with Gasteiger partial charge < -0.3 is 14.5 Å². The SMILES string of the molecule is CNC(c1ccoc1Br)c1cccc2c1OCC2. The molecule has 94 valence electrons.